The Kier molecular flexibility index (Phi) is 6.44. The number of amides is 1. The number of alkyl halides is 2. The van der Waals surface area contributed by atoms with Crippen LogP contribution in [0, 0.1) is 0 Å². The van der Waals surface area contributed by atoms with E-state index in [0.717, 1.165) is 11.1 Å². The molecule has 0 fully saturated rings. The third-order valence-corrected chi connectivity index (χ3v) is 4.50. The zero-order valence-electron chi connectivity index (χ0n) is 16.2. The average molecular weight is 393 g/mol. The van der Waals surface area contributed by atoms with Crippen LogP contribution < -0.4 is 0 Å². The van der Waals surface area contributed by atoms with Crippen molar-refractivity contribution < 1.29 is 13.6 Å². The van der Waals surface area contributed by atoms with Crippen LogP contribution in [0.1, 0.15) is 40.5 Å². The molecule has 0 bridgehead atoms. The summed E-state index contributed by atoms with van der Waals surface area (Å²) in [7, 11) is 1.55. The fourth-order valence-corrected chi connectivity index (χ4v) is 2.82. The second-order valence-electron chi connectivity index (χ2n) is 6.44. The molecule has 3 rings (SSSR count). The molecule has 1 heterocycles. The lowest BCUT2D eigenvalue weighted by Gasteiger charge is -2.16. The molecule has 1 amide bonds. The third-order valence-electron chi connectivity index (χ3n) is 4.50. The van der Waals surface area contributed by atoms with Crippen LogP contribution in [0.3, 0.4) is 0 Å². The Labute approximate surface area is 168 Å². The highest BCUT2D eigenvalue weighted by Crippen LogP contribution is 2.27. The van der Waals surface area contributed by atoms with Gasteiger partial charge in [0, 0.05) is 24.7 Å². The lowest BCUT2D eigenvalue weighted by molar-refractivity contribution is 0.0783. The summed E-state index contributed by atoms with van der Waals surface area (Å²) in [5, 5.41) is 0. The Morgan fingerprint density at radius 1 is 1.03 bits per heavy atom. The van der Waals surface area contributed by atoms with Gasteiger partial charge in [0.2, 0.25) is 0 Å². The molecular formula is C23H21F2N3O. The van der Waals surface area contributed by atoms with Crippen molar-refractivity contribution in [2.75, 3.05) is 13.6 Å². The van der Waals surface area contributed by atoms with Crippen LogP contribution in [0.15, 0.2) is 77.9 Å². The zero-order valence-corrected chi connectivity index (χ0v) is 16.2. The van der Waals surface area contributed by atoms with E-state index >= 15 is 0 Å². The number of aliphatic imine (C=N–C) groups is 1. The number of halogens is 2. The van der Waals surface area contributed by atoms with Crippen molar-refractivity contribution in [2.45, 2.75) is 13.3 Å². The maximum Gasteiger partial charge on any atom is 0.272 e. The molecule has 0 saturated heterocycles. The molecular weight excluding hydrogens is 372 g/mol. The first-order chi connectivity index (χ1) is 14.0. The van der Waals surface area contributed by atoms with E-state index in [9.17, 15) is 13.6 Å². The number of aromatic nitrogens is 1. The Bertz CT molecular complexity index is 964. The van der Waals surface area contributed by atoms with Crippen molar-refractivity contribution in [3.05, 3.63) is 95.3 Å². The van der Waals surface area contributed by atoms with E-state index in [1.54, 1.807) is 14.0 Å². The van der Waals surface area contributed by atoms with Gasteiger partial charge in [-0.05, 0) is 13.0 Å². The molecule has 0 radical (unpaired) electrons. The molecule has 1 aromatic heterocycles. The molecule has 0 N–H and O–H groups in total. The minimum atomic E-state index is -2.83. The van der Waals surface area contributed by atoms with Gasteiger partial charge in [-0.15, -0.1) is 0 Å². The summed E-state index contributed by atoms with van der Waals surface area (Å²) < 4.78 is 27.3. The smallest absolute Gasteiger partial charge is 0.272 e. The highest BCUT2D eigenvalue weighted by molar-refractivity contribution is 6.13. The monoisotopic (exact) mass is 393 g/mol. The summed E-state index contributed by atoms with van der Waals surface area (Å²) in [6, 6.07) is 20.2. The first-order valence-electron chi connectivity index (χ1n) is 9.24. The second kappa shape index (κ2) is 9.19. The van der Waals surface area contributed by atoms with Gasteiger partial charge in [-0.3, -0.25) is 4.79 Å². The van der Waals surface area contributed by atoms with Crippen molar-refractivity contribution in [3.63, 3.8) is 0 Å². The van der Waals surface area contributed by atoms with Gasteiger partial charge in [-0.25, -0.2) is 18.8 Å². The predicted molar refractivity (Wildman–Crippen MR) is 110 cm³/mol. The molecule has 0 aliphatic heterocycles. The van der Waals surface area contributed by atoms with Crippen LogP contribution in [0.25, 0.3) is 0 Å². The number of carbonyl (C=O) groups is 1. The maximum atomic E-state index is 13.7. The van der Waals surface area contributed by atoms with Gasteiger partial charge in [0.15, 0.2) is 0 Å². The van der Waals surface area contributed by atoms with E-state index in [0.29, 0.717) is 12.3 Å². The standard InChI is InChI=1S/C23H21F2N3O/c1-3-28(2)23(29)21-19(22(24)25)14-18(15-26-21)27-20(16-10-6-4-7-11-16)17-12-8-5-9-13-17/h4-15,22H,3H2,1-2H3. The highest BCUT2D eigenvalue weighted by atomic mass is 19.3. The maximum absolute atomic E-state index is 13.7. The number of nitrogens with zero attached hydrogens (tertiary/aromatic N) is 3. The van der Waals surface area contributed by atoms with Crippen molar-refractivity contribution in [3.8, 4) is 0 Å². The van der Waals surface area contributed by atoms with E-state index in [4.69, 9.17) is 0 Å². The van der Waals surface area contributed by atoms with Crippen molar-refractivity contribution in [1.82, 2.24) is 9.88 Å². The number of benzene rings is 2. The zero-order chi connectivity index (χ0) is 20.8. The van der Waals surface area contributed by atoms with Gasteiger partial charge in [0.05, 0.1) is 23.2 Å². The first-order valence-corrected chi connectivity index (χ1v) is 9.24. The molecule has 2 aromatic carbocycles. The largest absolute Gasteiger partial charge is 0.341 e. The van der Waals surface area contributed by atoms with E-state index in [1.165, 1.54) is 17.2 Å². The first kappa shape index (κ1) is 20.3. The quantitative estimate of drug-likeness (QED) is 0.535. The molecule has 0 spiro atoms. The predicted octanol–water partition coefficient (Wildman–Crippen LogP) is 5.28. The third kappa shape index (κ3) is 4.71. The summed E-state index contributed by atoms with van der Waals surface area (Å²) in [4.78, 5) is 22.3. The highest BCUT2D eigenvalue weighted by Gasteiger charge is 2.23. The second-order valence-corrected chi connectivity index (χ2v) is 6.44. The van der Waals surface area contributed by atoms with E-state index in [-0.39, 0.29) is 11.4 Å². The normalized spacial score (nSPS) is 10.7. The van der Waals surface area contributed by atoms with Crippen LogP contribution in [0.5, 0.6) is 0 Å². The summed E-state index contributed by atoms with van der Waals surface area (Å²) in [5.41, 5.74) is 1.93. The molecule has 6 heteroatoms. The van der Waals surface area contributed by atoms with Gasteiger partial charge in [-0.2, -0.15) is 0 Å². The molecule has 0 unspecified atom stereocenters. The molecule has 148 valence electrons. The van der Waals surface area contributed by atoms with Crippen molar-refractivity contribution in [1.29, 1.82) is 0 Å². The summed E-state index contributed by atoms with van der Waals surface area (Å²) in [6.07, 6.45) is -1.48. The van der Waals surface area contributed by atoms with Gasteiger partial charge in [-0.1, -0.05) is 60.7 Å². The molecule has 0 aliphatic rings. The number of carbonyl (C=O) groups excluding carboxylic acids is 1. The fourth-order valence-electron chi connectivity index (χ4n) is 2.82. The van der Waals surface area contributed by atoms with Crippen LogP contribution in [-0.4, -0.2) is 35.1 Å². The van der Waals surface area contributed by atoms with Gasteiger partial charge >= 0.3 is 0 Å². The fraction of sp³-hybridized carbons (Fsp3) is 0.174. The molecule has 0 aliphatic carbocycles. The Morgan fingerprint density at radius 3 is 2.07 bits per heavy atom. The van der Waals surface area contributed by atoms with Crippen LogP contribution in [0.4, 0.5) is 14.5 Å². The molecule has 4 nitrogen and oxygen atoms in total. The lowest BCUT2D eigenvalue weighted by atomic mass is 10.0. The van der Waals surface area contributed by atoms with E-state index < -0.39 is 17.9 Å². The van der Waals surface area contributed by atoms with Crippen LogP contribution >= 0.6 is 0 Å². The average Bonchev–Trinajstić information content (AvgIpc) is 2.77. The number of hydrogen-bond donors (Lipinski definition) is 0. The van der Waals surface area contributed by atoms with Crippen LogP contribution in [0.2, 0.25) is 0 Å². The van der Waals surface area contributed by atoms with Gasteiger partial charge in [0.25, 0.3) is 12.3 Å². The Balaban J connectivity index is 2.11. The van der Waals surface area contributed by atoms with Crippen LogP contribution in [-0.2, 0) is 0 Å². The summed E-state index contributed by atoms with van der Waals surface area (Å²) in [6.45, 7) is 2.17. The van der Waals surface area contributed by atoms with E-state index in [1.807, 2.05) is 60.7 Å². The SMILES string of the molecule is CCN(C)C(=O)c1ncc(N=C(c2ccccc2)c2ccccc2)cc1C(F)F. The van der Waals surface area contributed by atoms with Crippen molar-refractivity contribution >= 4 is 17.3 Å². The number of rotatable bonds is 6. The number of hydrogen-bond acceptors (Lipinski definition) is 3. The summed E-state index contributed by atoms with van der Waals surface area (Å²) >= 11 is 0. The van der Waals surface area contributed by atoms with Gasteiger partial charge < -0.3 is 4.90 Å². The molecule has 29 heavy (non-hydrogen) atoms. The molecule has 0 atom stereocenters. The van der Waals surface area contributed by atoms with Crippen molar-refractivity contribution in [2.24, 2.45) is 4.99 Å². The topological polar surface area (TPSA) is 45.6 Å². The Hall–Kier alpha value is -3.41. The minimum Gasteiger partial charge on any atom is -0.341 e. The molecule has 0 saturated carbocycles. The molecule has 3 aromatic rings. The minimum absolute atomic E-state index is 0.246. The Morgan fingerprint density at radius 2 is 1.59 bits per heavy atom. The lowest BCUT2D eigenvalue weighted by Crippen LogP contribution is -2.28. The number of pyridine rings is 1. The van der Waals surface area contributed by atoms with Gasteiger partial charge in [0.1, 0.15) is 5.69 Å². The summed E-state index contributed by atoms with van der Waals surface area (Å²) in [5.74, 6) is -0.537. The van der Waals surface area contributed by atoms with E-state index in [2.05, 4.69) is 9.98 Å².